The van der Waals surface area contributed by atoms with Crippen LogP contribution in [0.15, 0.2) is 41.0 Å². The van der Waals surface area contributed by atoms with Gasteiger partial charge in [-0.05, 0) is 59.8 Å². The smallest absolute Gasteiger partial charge is 0.248 e. The molecule has 2 aliphatic heterocycles. The third-order valence-electron chi connectivity index (χ3n) is 6.59. The number of hydrogen-bond donors (Lipinski definition) is 0. The SMILES string of the molecule is N#Cc1ccc(N2C3CCC2CN(C(=O)COC2(c4cccc(Br)c4F)CC2)C3)nc1. The second-order valence-corrected chi connectivity index (χ2v) is 9.35. The Labute approximate surface area is 188 Å². The lowest BCUT2D eigenvalue weighted by Crippen LogP contribution is -2.56. The number of likely N-dealkylation sites (tertiary alicyclic amines) is 1. The second-order valence-electron chi connectivity index (χ2n) is 8.49. The summed E-state index contributed by atoms with van der Waals surface area (Å²) in [5, 5.41) is 8.98. The van der Waals surface area contributed by atoms with Crippen LogP contribution in [0.1, 0.15) is 36.8 Å². The second kappa shape index (κ2) is 7.88. The first-order chi connectivity index (χ1) is 15.0. The molecule has 160 valence electrons. The van der Waals surface area contributed by atoms with Crippen molar-refractivity contribution in [3.8, 4) is 6.07 Å². The first-order valence-electron chi connectivity index (χ1n) is 10.5. The van der Waals surface area contributed by atoms with Gasteiger partial charge in [0.1, 0.15) is 24.3 Å². The van der Waals surface area contributed by atoms with Crippen molar-refractivity contribution < 1.29 is 13.9 Å². The number of amides is 1. The molecule has 5 rings (SSSR count). The highest BCUT2D eigenvalue weighted by molar-refractivity contribution is 9.10. The van der Waals surface area contributed by atoms with Gasteiger partial charge >= 0.3 is 0 Å². The molecular weight excluding hydrogens is 463 g/mol. The molecule has 2 aromatic rings. The van der Waals surface area contributed by atoms with Crippen molar-refractivity contribution in [2.24, 2.45) is 0 Å². The number of nitriles is 1. The third kappa shape index (κ3) is 3.70. The van der Waals surface area contributed by atoms with Crippen molar-refractivity contribution in [1.29, 1.82) is 5.26 Å². The summed E-state index contributed by atoms with van der Waals surface area (Å²) < 4.78 is 20.9. The van der Waals surface area contributed by atoms with Crippen LogP contribution >= 0.6 is 15.9 Å². The van der Waals surface area contributed by atoms with Crippen molar-refractivity contribution in [2.45, 2.75) is 43.4 Å². The number of ether oxygens (including phenoxy) is 1. The normalized spacial score (nSPS) is 23.5. The predicted octanol–water partition coefficient (Wildman–Crippen LogP) is 3.74. The number of carbonyl (C=O) groups is 1. The van der Waals surface area contributed by atoms with Gasteiger partial charge in [-0.3, -0.25) is 4.79 Å². The van der Waals surface area contributed by atoms with Crippen LogP contribution < -0.4 is 4.90 Å². The summed E-state index contributed by atoms with van der Waals surface area (Å²) in [4.78, 5) is 21.5. The molecule has 2 bridgehead atoms. The molecule has 6 nitrogen and oxygen atoms in total. The molecule has 1 aliphatic carbocycles. The van der Waals surface area contributed by atoms with E-state index >= 15 is 0 Å². The summed E-state index contributed by atoms with van der Waals surface area (Å²) in [6, 6.07) is 11.4. The minimum atomic E-state index is -0.684. The summed E-state index contributed by atoms with van der Waals surface area (Å²) in [7, 11) is 0. The fourth-order valence-electron chi connectivity index (χ4n) is 4.84. The van der Waals surface area contributed by atoms with E-state index in [0.717, 1.165) is 31.5 Å². The van der Waals surface area contributed by atoms with Crippen LogP contribution in [0.4, 0.5) is 10.2 Å². The molecule has 3 aliphatic rings. The predicted molar refractivity (Wildman–Crippen MR) is 116 cm³/mol. The van der Waals surface area contributed by atoms with Gasteiger partial charge in [0.25, 0.3) is 0 Å². The monoisotopic (exact) mass is 484 g/mol. The molecular formula is C23H22BrFN4O2. The molecule has 1 amide bonds. The summed E-state index contributed by atoms with van der Waals surface area (Å²) in [6.45, 7) is 1.21. The Bertz CT molecular complexity index is 1040. The number of fused-ring (bicyclic) bond motifs is 2. The highest BCUT2D eigenvalue weighted by atomic mass is 79.9. The van der Waals surface area contributed by atoms with E-state index in [0.29, 0.717) is 28.7 Å². The molecule has 2 unspecified atom stereocenters. The van der Waals surface area contributed by atoms with Crippen LogP contribution in [-0.2, 0) is 15.1 Å². The third-order valence-corrected chi connectivity index (χ3v) is 7.21. The van der Waals surface area contributed by atoms with Crippen LogP contribution in [0.2, 0.25) is 0 Å². The highest BCUT2D eigenvalue weighted by Gasteiger charge is 2.49. The van der Waals surface area contributed by atoms with E-state index in [1.807, 2.05) is 11.0 Å². The number of rotatable bonds is 5. The van der Waals surface area contributed by atoms with Crippen LogP contribution in [0.3, 0.4) is 0 Å². The Morgan fingerprint density at radius 1 is 1.26 bits per heavy atom. The van der Waals surface area contributed by atoms with Crippen LogP contribution in [0, 0.1) is 17.1 Å². The first-order valence-corrected chi connectivity index (χ1v) is 11.3. The zero-order valence-electron chi connectivity index (χ0n) is 16.9. The van der Waals surface area contributed by atoms with E-state index in [4.69, 9.17) is 10.00 Å². The molecule has 2 saturated heterocycles. The molecule has 31 heavy (non-hydrogen) atoms. The zero-order chi connectivity index (χ0) is 21.6. The molecule has 0 N–H and O–H groups in total. The van der Waals surface area contributed by atoms with E-state index in [1.165, 1.54) is 0 Å². The highest BCUT2D eigenvalue weighted by Crippen LogP contribution is 2.50. The minimum absolute atomic E-state index is 0.0412. The molecule has 2 atom stereocenters. The van der Waals surface area contributed by atoms with Crippen molar-refractivity contribution in [2.75, 3.05) is 24.6 Å². The van der Waals surface area contributed by atoms with Crippen molar-refractivity contribution in [3.05, 3.63) is 57.9 Å². The van der Waals surface area contributed by atoms with Gasteiger partial charge in [-0.15, -0.1) is 0 Å². The fourth-order valence-corrected chi connectivity index (χ4v) is 5.20. The van der Waals surface area contributed by atoms with Crippen molar-refractivity contribution >= 4 is 27.7 Å². The lowest BCUT2D eigenvalue weighted by atomic mass is 10.1. The number of carbonyl (C=O) groups excluding carboxylic acids is 1. The van der Waals surface area contributed by atoms with E-state index in [2.05, 4.69) is 31.9 Å². The number of pyridine rings is 1. The average molecular weight is 485 g/mol. The van der Waals surface area contributed by atoms with Crippen LogP contribution in [-0.4, -0.2) is 47.6 Å². The molecule has 8 heteroatoms. The summed E-state index contributed by atoms with van der Waals surface area (Å²) in [6.07, 6.45) is 5.04. The van der Waals surface area contributed by atoms with E-state index in [9.17, 15) is 9.18 Å². The first kappa shape index (κ1) is 20.4. The molecule has 0 radical (unpaired) electrons. The largest absolute Gasteiger partial charge is 0.360 e. The van der Waals surface area contributed by atoms with Gasteiger partial charge in [0.05, 0.1) is 15.6 Å². The Hall–Kier alpha value is -2.50. The maximum Gasteiger partial charge on any atom is 0.248 e. The number of benzene rings is 1. The number of nitrogens with zero attached hydrogens (tertiary/aromatic N) is 4. The average Bonchev–Trinajstić information content (AvgIpc) is 3.53. The Balaban J connectivity index is 1.23. The number of halogens is 2. The van der Waals surface area contributed by atoms with Crippen LogP contribution in [0.5, 0.6) is 0 Å². The summed E-state index contributed by atoms with van der Waals surface area (Å²) >= 11 is 3.23. The Morgan fingerprint density at radius 3 is 2.61 bits per heavy atom. The number of aromatic nitrogens is 1. The number of piperazine rings is 1. The Kier molecular flexibility index (Phi) is 5.19. The van der Waals surface area contributed by atoms with Crippen molar-refractivity contribution in [3.63, 3.8) is 0 Å². The van der Waals surface area contributed by atoms with E-state index < -0.39 is 5.60 Å². The molecule has 3 heterocycles. The molecule has 1 aromatic heterocycles. The topological polar surface area (TPSA) is 69.5 Å². The summed E-state index contributed by atoms with van der Waals surface area (Å²) in [5.41, 5.74) is 0.376. The standard InChI is InChI=1S/C23H22BrFN4O2/c24-19-3-1-2-18(22(19)25)23(8-9-23)31-14-21(30)28-12-16-5-6-17(13-28)29(16)20-7-4-15(10-26)11-27-20/h1-4,7,11,16-17H,5-6,8-9,12-14H2. The minimum Gasteiger partial charge on any atom is -0.360 e. The van der Waals surface area contributed by atoms with Crippen molar-refractivity contribution in [1.82, 2.24) is 9.88 Å². The van der Waals surface area contributed by atoms with Gasteiger partial charge in [-0.25, -0.2) is 9.37 Å². The molecule has 1 saturated carbocycles. The van der Waals surface area contributed by atoms with E-state index in [-0.39, 0.29) is 30.4 Å². The van der Waals surface area contributed by atoms with Gasteiger partial charge in [0, 0.05) is 36.9 Å². The van der Waals surface area contributed by atoms with Gasteiger partial charge in [-0.1, -0.05) is 12.1 Å². The zero-order valence-corrected chi connectivity index (χ0v) is 18.5. The fraction of sp³-hybridized carbons (Fsp3) is 0.435. The van der Waals surface area contributed by atoms with E-state index in [1.54, 1.807) is 30.5 Å². The lowest BCUT2D eigenvalue weighted by molar-refractivity contribution is -0.140. The quantitative estimate of drug-likeness (QED) is 0.646. The maximum atomic E-state index is 14.5. The molecule has 3 fully saturated rings. The molecule has 1 aromatic carbocycles. The van der Waals surface area contributed by atoms with Gasteiger partial charge in [-0.2, -0.15) is 5.26 Å². The summed E-state index contributed by atoms with van der Waals surface area (Å²) in [5.74, 6) is 0.497. The van der Waals surface area contributed by atoms with Gasteiger partial charge in [0.15, 0.2) is 0 Å². The lowest BCUT2D eigenvalue weighted by Gasteiger charge is -2.41. The molecule has 0 spiro atoms. The van der Waals surface area contributed by atoms with Crippen LogP contribution in [0.25, 0.3) is 0 Å². The maximum absolute atomic E-state index is 14.5. The van der Waals surface area contributed by atoms with Gasteiger partial charge in [0.2, 0.25) is 5.91 Å². The number of anilines is 1. The number of hydrogen-bond acceptors (Lipinski definition) is 5. The Morgan fingerprint density at radius 2 is 2.00 bits per heavy atom. The van der Waals surface area contributed by atoms with Gasteiger partial charge < -0.3 is 14.5 Å².